The summed E-state index contributed by atoms with van der Waals surface area (Å²) in [5.41, 5.74) is 1.39. The molecule has 0 spiro atoms. The summed E-state index contributed by atoms with van der Waals surface area (Å²) in [5, 5.41) is 0.828. The second-order valence-electron chi connectivity index (χ2n) is 2.95. The molecule has 0 nitrogen and oxygen atoms in total. The standard InChI is InChI=1S/C9H8BrCl/c10-8-4-3-7(5-9(8)11)6-1-2-6/h3-6H,1-2H2. The Hall–Kier alpha value is -0.0100. The summed E-state index contributed by atoms with van der Waals surface area (Å²) in [6.07, 6.45) is 2.66. The van der Waals surface area contributed by atoms with Crippen LogP contribution in [-0.2, 0) is 0 Å². The molecule has 1 aromatic carbocycles. The number of benzene rings is 1. The second kappa shape index (κ2) is 2.80. The van der Waals surface area contributed by atoms with Gasteiger partial charge in [0.2, 0.25) is 0 Å². The van der Waals surface area contributed by atoms with Gasteiger partial charge in [0, 0.05) is 4.47 Å². The lowest BCUT2D eigenvalue weighted by Crippen LogP contribution is -1.78. The second-order valence-corrected chi connectivity index (χ2v) is 4.21. The molecule has 1 saturated carbocycles. The number of rotatable bonds is 1. The lowest BCUT2D eigenvalue weighted by atomic mass is 10.1. The molecule has 1 aromatic rings. The first kappa shape index (κ1) is 7.63. The Balaban J connectivity index is 2.36. The van der Waals surface area contributed by atoms with Crippen molar-refractivity contribution >= 4 is 27.5 Å². The van der Waals surface area contributed by atoms with Crippen molar-refractivity contribution in [3.63, 3.8) is 0 Å². The van der Waals surface area contributed by atoms with Gasteiger partial charge >= 0.3 is 0 Å². The third kappa shape index (κ3) is 1.60. The van der Waals surface area contributed by atoms with E-state index in [4.69, 9.17) is 11.6 Å². The maximum Gasteiger partial charge on any atom is 0.0550 e. The van der Waals surface area contributed by atoms with Crippen molar-refractivity contribution in [2.75, 3.05) is 0 Å². The van der Waals surface area contributed by atoms with Crippen molar-refractivity contribution in [1.82, 2.24) is 0 Å². The minimum atomic E-state index is 0.792. The Morgan fingerprint density at radius 3 is 2.64 bits per heavy atom. The molecule has 1 fully saturated rings. The van der Waals surface area contributed by atoms with Crippen LogP contribution in [0.5, 0.6) is 0 Å². The van der Waals surface area contributed by atoms with Gasteiger partial charge in [-0.2, -0.15) is 0 Å². The molecule has 2 rings (SSSR count). The number of hydrogen-bond acceptors (Lipinski definition) is 0. The van der Waals surface area contributed by atoms with E-state index in [1.54, 1.807) is 0 Å². The van der Waals surface area contributed by atoms with Crippen molar-refractivity contribution in [2.45, 2.75) is 18.8 Å². The highest BCUT2D eigenvalue weighted by atomic mass is 79.9. The van der Waals surface area contributed by atoms with Crippen LogP contribution < -0.4 is 0 Å². The van der Waals surface area contributed by atoms with Crippen molar-refractivity contribution in [3.8, 4) is 0 Å². The zero-order valence-electron chi connectivity index (χ0n) is 5.98. The van der Waals surface area contributed by atoms with Gasteiger partial charge in [-0.3, -0.25) is 0 Å². The summed E-state index contributed by atoms with van der Waals surface area (Å²) >= 11 is 9.31. The van der Waals surface area contributed by atoms with Crippen LogP contribution in [0.2, 0.25) is 5.02 Å². The van der Waals surface area contributed by atoms with Crippen LogP contribution in [0.4, 0.5) is 0 Å². The van der Waals surface area contributed by atoms with E-state index in [0.717, 1.165) is 15.4 Å². The summed E-state index contributed by atoms with van der Waals surface area (Å²) in [5.74, 6) is 0.792. The van der Waals surface area contributed by atoms with E-state index in [1.165, 1.54) is 18.4 Å². The lowest BCUT2D eigenvalue weighted by molar-refractivity contribution is 1.13. The third-order valence-electron chi connectivity index (χ3n) is 1.99. The quantitative estimate of drug-likeness (QED) is 0.686. The van der Waals surface area contributed by atoms with Crippen molar-refractivity contribution < 1.29 is 0 Å². The Bertz CT molecular complexity index is 279. The van der Waals surface area contributed by atoms with Crippen molar-refractivity contribution in [1.29, 1.82) is 0 Å². The van der Waals surface area contributed by atoms with E-state index >= 15 is 0 Å². The lowest BCUT2D eigenvalue weighted by Gasteiger charge is -1.99. The molecule has 1 aliphatic carbocycles. The molecule has 0 atom stereocenters. The highest BCUT2D eigenvalue weighted by Gasteiger charge is 2.23. The van der Waals surface area contributed by atoms with Crippen LogP contribution >= 0.6 is 27.5 Å². The van der Waals surface area contributed by atoms with Gasteiger partial charge in [0.15, 0.2) is 0 Å². The van der Waals surface area contributed by atoms with E-state index < -0.39 is 0 Å². The molecule has 0 aliphatic heterocycles. The van der Waals surface area contributed by atoms with Gasteiger partial charge in [0.1, 0.15) is 0 Å². The fraction of sp³-hybridized carbons (Fsp3) is 0.333. The van der Waals surface area contributed by atoms with Gasteiger partial charge in [-0.1, -0.05) is 17.7 Å². The normalized spacial score (nSPS) is 16.9. The van der Waals surface area contributed by atoms with E-state index in [1.807, 2.05) is 6.07 Å². The summed E-state index contributed by atoms with van der Waals surface area (Å²) in [6, 6.07) is 6.23. The molecule has 0 saturated heterocycles. The van der Waals surface area contributed by atoms with Gasteiger partial charge in [0.05, 0.1) is 5.02 Å². The van der Waals surface area contributed by atoms with Gasteiger partial charge in [-0.25, -0.2) is 0 Å². The zero-order valence-corrected chi connectivity index (χ0v) is 8.32. The Morgan fingerprint density at radius 1 is 1.36 bits per heavy atom. The predicted octanol–water partition coefficient (Wildman–Crippen LogP) is 3.98. The maximum absolute atomic E-state index is 5.94. The molecule has 0 amide bonds. The van der Waals surface area contributed by atoms with Crippen LogP contribution in [-0.4, -0.2) is 0 Å². The monoisotopic (exact) mass is 230 g/mol. The molecule has 0 heterocycles. The smallest absolute Gasteiger partial charge is 0.0550 e. The fourth-order valence-corrected chi connectivity index (χ4v) is 1.62. The van der Waals surface area contributed by atoms with Gasteiger partial charge in [0.25, 0.3) is 0 Å². The highest BCUT2D eigenvalue weighted by molar-refractivity contribution is 9.10. The third-order valence-corrected chi connectivity index (χ3v) is 3.22. The summed E-state index contributed by atoms with van der Waals surface area (Å²) < 4.78 is 0.989. The highest BCUT2D eigenvalue weighted by Crippen LogP contribution is 2.41. The van der Waals surface area contributed by atoms with Gasteiger partial charge in [-0.15, -0.1) is 0 Å². The Kier molecular flexibility index (Phi) is 1.94. The van der Waals surface area contributed by atoms with Crippen LogP contribution in [0.25, 0.3) is 0 Å². The minimum absolute atomic E-state index is 0.792. The molecule has 11 heavy (non-hydrogen) atoms. The van der Waals surface area contributed by atoms with Crippen LogP contribution in [0.1, 0.15) is 24.3 Å². The molecule has 0 aromatic heterocycles. The number of halogens is 2. The molecule has 0 N–H and O–H groups in total. The molecule has 2 heteroatoms. The molecule has 0 radical (unpaired) electrons. The summed E-state index contributed by atoms with van der Waals surface area (Å²) in [7, 11) is 0. The molecule has 1 aliphatic rings. The van der Waals surface area contributed by atoms with Gasteiger partial charge < -0.3 is 0 Å². The largest absolute Gasteiger partial charge is 0.0831 e. The van der Waals surface area contributed by atoms with E-state index in [2.05, 4.69) is 28.1 Å². The average molecular weight is 232 g/mol. The first-order chi connectivity index (χ1) is 5.27. The first-order valence-corrected chi connectivity index (χ1v) is 4.89. The van der Waals surface area contributed by atoms with E-state index in [0.29, 0.717) is 0 Å². The molecular weight excluding hydrogens is 223 g/mol. The first-order valence-electron chi connectivity index (χ1n) is 3.72. The van der Waals surface area contributed by atoms with Gasteiger partial charge in [-0.05, 0) is 52.4 Å². The Labute approximate surface area is 79.7 Å². The average Bonchev–Trinajstić information content (AvgIpc) is 2.77. The zero-order chi connectivity index (χ0) is 7.84. The topological polar surface area (TPSA) is 0 Å². The minimum Gasteiger partial charge on any atom is -0.0831 e. The summed E-state index contributed by atoms with van der Waals surface area (Å²) in [6.45, 7) is 0. The Morgan fingerprint density at radius 2 is 2.09 bits per heavy atom. The van der Waals surface area contributed by atoms with Crippen LogP contribution in [0, 0.1) is 0 Å². The summed E-state index contributed by atoms with van der Waals surface area (Å²) in [4.78, 5) is 0. The number of hydrogen-bond donors (Lipinski definition) is 0. The van der Waals surface area contributed by atoms with Crippen molar-refractivity contribution in [2.24, 2.45) is 0 Å². The molecule has 0 unspecified atom stereocenters. The van der Waals surface area contributed by atoms with Crippen molar-refractivity contribution in [3.05, 3.63) is 33.3 Å². The molecule has 0 bridgehead atoms. The maximum atomic E-state index is 5.94. The molecular formula is C9H8BrCl. The molecule has 58 valence electrons. The van der Waals surface area contributed by atoms with Crippen LogP contribution in [0.3, 0.4) is 0 Å². The SMILES string of the molecule is Clc1cc(C2CC2)ccc1Br. The van der Waals surface area contributed by atoms with E-state index in [-0.39, 0.29) is 0 Å². The predicted molar refractivity (Wildman–Crippen MR) is 51.1 cm³/mol. The van der Waals surface area contributed by atoms with Crippen LogP contribution in [0.15, 0.2) is 22.7 Å². The van der Waals surface area contributed by atoms with E-state index in [9.17, 15) is 0 Å². The fourth-order valence-electron chi connectivity index (χ4n) is 1.18.